The number of imidazole rings is 1. The molecular formula is C19H25N5O2. The molecule has 1 N–H and O–H groups in total. The largest absolute Gasteiger partial charge is 0.444 e. The zero-order valence-corrected chi connectivity index (χ0v) is 15.9. The van der Waals surface area contributed by atoms with E-state index in [1.807, 2.05) is 32.9 Å². The number of nitrogens with zero attached hydrogens (tertiary/aromatic N) is 4. The summed E-state index contributed by atoms with van der Waals surface area (Å²) in [6.45, 7) is 10.8. The van der Waals surface area contributed by atoms with Crippen molar-refractivity contribution in [2.24, 2.45) is 0 Å². The molecule has 0 radical (unpaired) electrons. The van der Waals surface area contributed by atoms with Gasteiger partial charge in [0.15, 0.2) is 0 Å². The van der Waals surface area contributed by atoms with E-state index in [9.17, 15) is 10.1 Å². The molecule has 26 heavy (non-hydrogen) atoms. The highest BCUT2D eigenvalue weighted by Gasteiger charge is 2.36. The Bertz CT molecular complexity index is 866. The van der Waals surface area contributed by atoms with Crippen LogP contribution in [0.4, 0.5) is 10.7 Å². The van der Waals surface area contributed by atoms with E-state index in [0.29, 0.717) is 18.7 Å². The second-order valence-corrected chi connectivity index (χ2v) is 7.96. The minimum absolute atomic E-state index is 0.0997. The van der Waals surface area contributed by atoms with Crippen molar-refractivity contribution in [1.29, 1.82) is 5.26 Å². The maximum absolute atomic E-state index is 12.2. The van der Waals surface area contributed by atoms with Crippen molar-refractivity contribution in [3.8, 4) is 6.07 Å². The van der Waals surface area contributed by atoms with Crippen LogP contribution < -0.4 is 5.32 Å². The first-order valence-corrected chi connectivity index (χ1v) is 8.84. The zero-order chi connectivity index (χ0) is 19.1. The maximum Gasteiger partial charge on any atom is 0.410 e. The van der Waals surface area contributed by atoms with Gasteiger partial charge in [-0.15, -0.1) is 0 Å². The summed E-state index contributed by atoms with van der Waals surface area (Å²) in [6, 6.07) is 7.99. The first-order valence-electron chi connectivity index (χ1n) is 8.84. The second-order valence-electron chi connectivity index (χ2n) is 7.96. The average Bonchev–Trinajstić information content (AvgIpc) is 2.80. The Morgan fingerprint density at radius 2 is 2.08 bits per heavy atom. The Hall–Kier alpha value is -2.75. The molecule has 0 saturated carbocycles. The molecule has 1 fully saturated rings. The number of anilines is 1. The van der Waals surface area contributed by atoms with Crippen LogP contribution in [0, 0.1) is 11.3 Å². The van der Waals surface area contributed by atoms with Gasteiger partial charge in [0.1, 0.15) is 5.60 Å². The lowest BCUT2D eigenvalue weighted by molar-refractivity contribution is 0.00171. The highest BCUT2D eigenvalue weighted by molar-refractivity contribution is 5.81. The third-order valence-electron chi connectivity index (χ3n) is 4.12. The lowest BCUT2D eigenvalue weighted by atomic mass is 10.1. The molecule has 138 valence electrons. The molecule has 0 bridgehead atoms. The number of ether oxygens (including phenoxy) is 1. The van der Waals surface area contributed by atoms with Crippen molar-refractivity contribution in [2.45, 2.75) is 52.3 Å². The summed E-state index contributed by atoms with van der Waals surface area (Å²) in [4.78, 5) is 18.6. The van der Waals surface area contributed by atoms with Gasteiger partial charge in [-0.1, -0.05) is 0 Å². The fourth-order valence-corrected chi connectivity index (χ4v) is 2.99. The standard InChI is InChI=1S/C19H25N5O2/c1-12(2)21-17-22-15-7-6-13(9-20)8-16(15)24(17)14-10-23(11-14)18(25)26-19(3,4)5/h6-8,12,14H,10-11H2,1-5H3,(H,21,22). The van der Waals surface area contributed by atoms with Crippen molar-refractivity contribution in [1.82, 2.24) is 14.5 Å². The van der Waals surface area contributed by atoms with Gasteiger partial charge in [0.2, 0.25) is 5.95 Å². The minimum Gasteiger partial charge on any atom is -0.444 e. The van der Waals surface area contributed by atoms with E-state index in [1.54, 1.807) is 11.0 Å². The van der Waals surface area contributed by atoms with Gasteiger partial charge in [-0.25, -0.2) is 9.78 Å². The molecule has 1 aromatic carbocycles. The predicted molar refractivity (Wildman–Crippen MR) is 100 cm³/mol. The summed E-state index contributed by atoms with van der Waals surface area (Å²) in [7, 11) is 0. The second kappa shape index (κ2) is 6.52. The summed E-state index contributed by atoms with van der Waals surface area (Å²) >= 11 is 0. The molecule has 0 unspecified atom stereocenters. The number of benzene rings is 1. The summed E-state index contributed by atoms with van der Waals surface area (Å²) in [6.07, 6.45) is -0.297. The van der Waals surface area contributed by atoms with E-state index in [1.165, 1.54) is 0 Å². The monoisotopic (exact) mass is 355 g/mol. The molecule has 0 spiro atoms. The van der Waals surface area contributed by atoms with Crippen LogP contribution in [0.5, 0.6) is 0 Å². The highest BCUT2D eigenvalue weighted by Crippen LogP contribution is 2.32. The number of hydrogen-bond donors (Lipinski definition) is 1. The van der Waals surface area contributed by atoms with E-state index in [4.69, 9.17) is 4.74 Å². The molecular weight excluding hydrogens is 330 g/mol. The number of rotatable bonds is 3. The lowest BCUT2D eigenvalue weighted by Gasteiger charge is -2.41. The van der Waals surface area contributed by atoms with Crippen LogP contribution in [0.3, 0.4) is 0 Å². The molecule has 1 amide bonds. The van der Waals surface area contributed by atoms with Gasteiger partial charge in [-0.05, 0) is 52.8 Å². The molecule has 7 heteroatoms. The predicted octanol–water partition coefficient (Wildman–Crippen LogP) is 3.52. The molecule has 7 nitrogen and oxygen atoms in total. The molecule has 2 aromatic rings. The number of carbonyl (C=O) groups excluding carboxylic acids is 1. The van der Waals surface area contributed by atoms with Crippen molar-refractivity contribution >= 4 is 23.1 Å². The van der Waals surface area contributed by atoms with Crippen molar-refractivity contribution in [3.63, 3.8) is 0 Å². The zero-order valence-electron chi connectivity index (χ0n) is 15.9. The van der Waals surface area contributed by atoms with Gasteiger partial charge in [0.25, 0.3) is 0 Å². The number of likely N-dealkylation sites (tertiary alicyclic amines) is 1. The lowest BCUT2D eigenvalue weighted by Crippen LogP contribution is -2.52. The Morgan fingerprint density at radius 1 is 1.38 bits per heavy atom. The number of aromatic nitrogens is 2. The van der Waals surface area contributed by atoms with Crippen LogP contribution in [-0.2, 0) is 4.74 Å². The Morgan fingerprint density at radius 3 is 2.65 bits per heavy atom. The minimum atomic E-state index is -0.504. The van der Waals surface area contributed by atoms with E-state index < -0.39 is 5.60 Å². The van der Waals surface area contributed by atoms with Crippen LogP contribution >= 0.6 is 0 Å². The van der Waals surface area contributed by atoms with Gasteiger partial charge in [0, 0.05) is 19.1 Å². The van der Waals surface area contributed by atoms with Crippen LogP contribution in [0.1, 0.15) is 46.2 Å². The number of amides is 1. The topological polar surface area (TPSA) is 83.2 Å². The normalized spacial score (nSPS) is 15.0. The summed E-state index contributed by atoms with van der Waals surface area (Å²) in [5.41, 5.74) is 1.83. The fourth-order valence-electron chi connectivity index (χ4n) is 2.99. The van der Waals surface area contributed by atoms with E-state index in [0.717, 1.165) is 17.0 Å². The van der Waals surface area contributed by atoms with E-state index in [-0.39, 0.29) is 18.2 Å². The van der Waals surface area contributed by atoms with Gasteiger partial charge in [0.05, 0.1) is 28.7 Å². The molecule has 1 saturated heterocycles. The van der Waals surface area contributed by atoms with Crippen molar-refractivity contribution < 1.29 is 9.53 Å². The Labute approximate surface area is 153 Å². The molecule has 2 heterocycles. The number of fused-ring (bicyclic) bond motifs is 1. The first-order chi connectivity index (χ1) is 12.2. The molecule has 1 aliphatic heterocycles. The van der Waals surface area contributed by atoms with Crippen LogP contribution in [0.2, 0.25) is 0 Å². The summed E-state index contributed by atoms with van der Waals surface area (Å²) in [5, 5.41) is 12.6. The molecule has 0 aliphatic carbocycles. The summed E-state index contributed by atoms with van der Waals surface area (Å²) in [5.74, 6) is 0.763. The Kier molecular flexibility index (Phi) is 4.53. The fraction of sp³-hybridized carbons (Fsp3) is 0.526. The summed E-state index contributed by atoms with van der Waals surface area (Å²) < 4.78 is 7.52. The van der Waals surface area contributed by atoms with Crippen LogP contribution in [0.15, 0.2) is 18.2 Å². The van der Waals surface area contributed by atoms with Crippen molar-refractivity contribution in [2.75, 3.05) is 18.4 Å². The smallest absolute Gasteiger partial charge is 0.410 e. The van der Waals surface area contributed by atoms with E-state index in [2.05, 4.69) is 34.8 Å². The van der Waals surface area contributed by atoms with Gasteiger partial charge < -0.3 is 19.5 Å². The third kappa shape index (κ3) is 3.59. The van der Waals surface area contributed by atoms with Gasteiger partial charge >= 0.3 is 6.09 Å². The number of hydrogen-bond acceptors (Lipinski definition) is 5. The maximum atomic E-state index is 12.2. The van der Waals surface area contributed by atoms with Crippen LogP contribution in [-0.4, -0.2) is 45.3 Å². The highest BCUT2D eigenvalue weighted by atomic mass is 16.6. The quantitative estimate of drug-likeness (QED) is 0.911. The molecule has 3 rings (SSSR count). The molecule has 0 atom stereocenters. The van der Waals surface area contributed by atoms with Crippen LogP contribution in [0.25, 0.3) is 11.0 Å². The SMILES string of the molecule is CC(C)Nc1nc2ccc(C#N)cc2n1C1CN(C(=O)OC(C)(C)C)C1. The molecule has 1 aliphatic rings. The number of carbonyl (C=O) groups is 1. The number of nitrogens with one attached hydrogen (secondary N) is 1. The Balaban J connectivity index is 1.87. The average molecular weight is 355 g/mol. The molecule has 1 aromatic heterocycles. The number of nitriles is 1. The first kappa shape index (κ1) is 18.1. The van der Waals surface area contributed by atoms with Gasteiger partial charge in [-0.2, -0.15) is 5.26 Å². The van der Waals surface area contributed by atoms with Gasteiger partial charge in [-0.3, -0.25) is 0 Å². The third-order valence-corrected chi connectivity index (χ3v) is 4.12. The van der Waals surface area contributed by atoms with Crippen molar-refractivity contribution in [3.05, 3.63) is 23.8 Å². The van der Waals surface area contributed by atoms with E-state index >= 15 is 0 Å².